The van der Waals surface area contributed by atoms with E-state index in [2.05, 4.69) is 36.0 Å². The van der Waals surface area contributed by atoms with Crippen LogP contribution < -0.4 is 10.1 Å². The van der Waals surface area contributed by atoms with Crippen LogP contribution in [0, 0.1) is 0 Å². The monoisotopic (exact) mass is 430 g/mol. The molecule has 7 nitrogen and oxygen atoms in total. The number of likely N-dealkylation sites (tertiary alicyclic amines) is 1. The van der Waals surface area contributed by atoms with Crippen molar-refractivity contribution < 1.29 is 14.3 Å². The highest BCUT2D eigenvalue weighted by atomic mass is 16.5. The maximum atomic E-state index is 12.6. The van der Waals surface area contributed by atoms with E-state index in [-0.39, 0.29) is 30.5 Å². The number of piperidine rings is 1. The number of nitrogens with one attached hydrogen (secondary N) is 1. The van der Waals surface area contributed by atoms with Crippen LogP contribution in [0.4, 0.5) is 0 Å². The zero-order chi connectivity index (χ0) is 22.2. The molecule has 2 heterocycles. The van der Waals surface area contributed by atoms with Crippen molar-refractivity contribution in [2.24, 2.45) is 0 Å². The molecular weight excluding hydrogens is 392 g/mol. The fourth-order valence-electron chi connectivity index (χ4n) is 4.51. The third kappa shape index (κ3) is 6.94. The quantitative estimate of drug-likeness (QED) is 0.641. The van der Waals surface area contributed by atoms with Crippen LogP contribution in [0.3, 0.4) is 0 Å². The maximum absolute atomic E-state index is 12.6. The highest BCUT2D eigenvalue weighted by Crippen LogP contribution is 2.23. The highest BCUT2D eigenvalue weighted by molar-refractivity contribution is 5.94. The van der Waals surface area contributed by atoms with Gasteiger partial charge in [0.2, 0.25) is 0 Å². The molecule has 2 aliphatic rings. The summed E-state index contributed by atoms with van der Waals surface area (Å²) < 4.78 is 5.69. The minimum Gasteiger partial charge on any atom is -0.484 e. The highest BCUT2D eigenvalue weighted by Gasteiger charge is 2.29. The third-order valence-corrected chi connectivity index (χ3v) is 6.49. The van der Waals surface area contributed by atoms with Gasteiger partial charge in [-0.05, 0) is 77.4 Å². The zero-order valence-electron chi connectivity index (χ0n) is 19.3. The van der Waals surface area contributed by atoms with Crippen LogP contribution >= 0.6 is 0 Å². The van der Waals surface area contributed by atoms with Gasteiger partial charge in [-0.25, -0.2) is 0 Å². The molecule has 0 aliphatic carbocycles. The third-order valence-electron chi connectivity index (χ3n) is 6.49. The largest absolute Gasteiger partial charge is 0.484 e. The van der Waals surface area contributed by atoms with Gasteiger partial charge in [0.05, 0.1) is 0 Å². The summed E-state index contributed by atoms with van der Waals surface area (Å²) in [7, 11) is 2.15. The molecule has 0 spiro atoms. The fourth-order valence-corrected chi connectivity index (χ4v) is 4.51. The second-order valence-electron chi connectivity index (χ2n) is 9.00. The molecule has 2 saturated heterocycles. The van der Waals surface area contributed by atoms with Crippen molar-refractivity contribution in [1.82, 2.24) is 20.0 Å². The minimum atomic E-state index is -0.0722. The van der Waals surface area contributed by atoms with Gasteiger partial charge in [0.25, 0.3) is 11.8 Å². The molecule has 172 valence electrons. The van der Waals surface area contributed by atoms with E-state index in [1.54, 1.807) is 24.3 Å². The van der Waals surface area contributed by atoms with Crippen LogP contribution in [0.5, 0.6) is 5.75 Å². The predicted octanol–water partition coefficient (Wildman–Crippen LogP) is 2.22. The Kier molecular flexibility index (Phi) is 8.72. The molecule has 2 aliphatic heterocycles. The van der Waals surface area contributed by atoms with Crippen molar-refractivity contribution in [3.8, 4) is 5.75 Å². The van der Waals surface area contributed by atoms with Crippen LogP contribution in [0.2, 0.25) is 0 Å². The summed E-state index contributed by atoms with van der Waals surface area (Å²) in [6.07, 6.45) is 4.23. The van der Waals surface area contributed by atoms with Gasteiger partial charge < -0.3 is 24.8 Å². The van der Waals surface area contributed by atoms with Crippen molar-refractivity contribution in [2.45, 2.75) is 51.6 Å². The first kappa shape index (κ1) is 23.5. The predicted molar refractivity (Wildman–Crippen MR) is 122 cm³/mol. The summed E-state index contributed by atoms with van der Waals surface area (Å²) in [5, 5.41) is 2.99. The van der Waals surface area contributed by atoms with E-state index in [1.807, 2.05) is 4.90 Å². The van der Waals surface area contributed by atoms with Crippen molar-refractivity contribution in [3.05, 3.63) is 29.8 Å². The van der Waals surface area contributed by atoms with E-state index in [0.29, 0.717) is 17.9 Å². The minimum absolute atomic E-state index is 0.0295. The van der Waals surface area contributed by atoms with Crippen molar-refractivity contribution in [3.63, 3.8) is 0 Å². The SMILES string of the molecule is CC1CCCC(C)N1C(=O)COc1ccc(C(=O)NCCCN2CCN(C)CC2)cc1. The molecule has 1 aromatic rings. The molecule has 31 heavy (non-hydrogen) atoms. The lowest BCUT2D eigenvalue weighted by atomic mass is 9.97. The van der Waals surface area contributed by atoms with Gasteiger partial charge in [-0.15, -0.1) is 0 Å². The topological polar surface area (TPSA) is 65.1 Å². The molecule has 2 fully saturated rings. The van der Waals surface area contributed by atoms with Crippen LogP contribution in [0.25, 0.3) is 0 Å². The average Bonchev–Trinajstić information content (AvgIpc) is 2.76. The summed E-state index contributed by atoms with van der Waals surface area (Å²) in [5.41, 5.74) is 0.608. The Morgan fingerprint density at radius 1 is 1.03 bits per heavy atom. The molecular formula is C24H38N4O3. The van der Waals surface area contributed by atoms with Gasteiger partial charge in [0.15, 0.2) is 6.61 Å². The van der Waals surface area contributed by atoms with Crippen molar-refractivity contribution >= 4 is 11.8 Å². The molecule has 2 atom stereocenters. The van der Waals surface area contributed by atoms with Gasteiger partial charge in [0.1, 0.15) is 5.75 Å². The number of hydrogen-bond donors (Lipinski definition) is 1. The molecule has 0 radical (unpaired) electrons. The second-order valence-corrected chi connectivity index (χ2v) is 9.00. The molecule has 7 heteroatoms. The number of nitrogens with zero attached hydrogens (tertiary/aromatic N) is 3. The average molecular weight is 431 g/mol. The lowest BCUT2D eigenvalue weighted by Crippen LogP contribution is -2.49. The Morgan fingerprint density at radius 2 is 1.68 bits per heavy atom. The fraction of sp³-hybridized carbons (Fsp3) is 0.667. The lowest BCUT2D eigenvalue weighted by molar-refractivity contribution is -0.139. The Balaban J connectivity index is 1.37. The number of rotatable bonds is 8. The van der Waals surface area contributed by atoms with Gasteiger partial charge in [0, 0.05) is 50.4 Å². The zero-order valence-corrected chi connectivity index (χ0v) is 19.3. The van der Waals surface area contributed by atoms with Gasteiger partial charge in [-0.2, -0.15) is 0 Å². The van der Waals surface area contributed by atoms with Gasteiger partial charge in [-0.1, -0.05) is 0 Å². The number of amides is 2. The van der Waals surface area contributed by atoms with E-state index in [1.165, 1.54) is 6.42 Å². The van der Waals surface area contributed by atoms with Crippen LogP contribution in [-0.4, -0.2) is 91.5 Å². The molecule has 1 aromatic carbocycles. The number of piperazine rings is 1. The number of hydrogen-bond acceptors (Lipinski definition) is 5. The number of carbonyl (C=O) groups is 2. The standard InChI is InChI=1S/C24H38N4O3/c1-19-6-4-7-20(2)28(19)23(29)18-31-22-10-8-21(9-11-22)24(30)25-12-5-13-27-16-14-26(3)15-17-27/h8-11,19-20H,4-7,12-18H2,1-3H3,(H,25,30). The van der Waals surface area contributed by atoms with Crippen molar-refractivity contribution in [1.29, 1.82) is 0 Å². The van der Waals surface area contributed by atoms with Crippen LogP contribution in [-0.2, 0) is 4.79 Å². The molecule has 0 aromatic heterocycles. The first-order valence-corrected chi connectivity index (χ1v) is 11.7. The summed E-state index contributed by atoms with van der Waals surface area (Å²) >= 11 is 0. The Hall–Kier alpha value is -2.12. The van der Waals surface area contributed by atoms with Crippen LogP contribution in [0.15, 0.2) is 24.3 Å². The second kappa shape index (κ2) is 11.5. The van der Waals surface area contributed by atoms with E-state index >= 15 is 0 Å². The molecule has 2 amide bonds. The van der Waals surface area contributed by atoms with Gasteiger partial charge >= 0.3 is 0 Å². The number of likely N-dealkylation sites (N-methyl/N-ethyl adjacent to an activating group) is 1. The smallest absolute Gasteiger partial charge is 0.260 e. The van der Waals surface area contributed by atoms with Crippen LogP contribution in [0.1, 0.15) is 49.9 Å². The number of benzene rings is 1. The molecule has 3 rings (SSSR count). The summed E-state index contributed by atoms with van der Waals surface area (Å²) in [6.45, 7) is 10.4. The van der Waals surface area contributed by atoms with Gasteiger partial charge in [-0.3, -0.25) is 9.59 Å². The normalized spacial score (nSPS) is 22.9. The first-order valence-electron chi connectivity index (χ1n) is 11.7. The Morgan fingerprint density at radius 3 is 2.32 bits per heavy atom. The Labute approximate surface area is 186 Å². The number of carbonyl (C=O) groups excluding carboxylic acids is 2. The lowest BCUT2D eigenvalue weighted by Gasteiger charge is -2.38. The number of ether oxygens (including phenoxy) is 1. The van der Waals surface area contributed by atoms with E-state index < -0.39 is 0 Å². The summed E-state index contributed by atoms with van der Waals surface area (Å²) in [4.78, 5) is 31.7. The molecule has 0 bridgehead atoms. The summed E-state index contributed by atoms with van der Waals surface area (Å²) in [6, 6.07) is 7.55. The summed E-state index contributed by atoms with van der Waals surface area (Å²) in [5.74, 6) is 0.566. The van der Waals surface area contributed by atoms with E-state index in [0.717, 1.165) is 52.0 Å². The first-order chi connectivity index (χ1) is 14.9. The molecule has 0 saturated carbocycles. The van der Waals surface area contributed by atoms with E-state index in [4.69, 9.17) is 4.74 Å². The molecule has 1 N–H and O–H groups in total. The maximum Gasteiger partial charge on any atom is 0.260 e. The molecule has 2 unspecified atom stereocenters. The van der Waals surface area contributed by atoms with Crippen molar-refractivity contribution in [2.75, 3.05) is 52.9 Å². The van der Waals surface area contributed by atoms with E-state index in [9.17, 15) is 9.59 Å². The Bertz CT molecular complexity index is 706.